The van der Waals surface area contributed by atoms with Crippen molar-refractivity contribution in [2.75, 3.05) is 31.7 Å². The highest BCUT2D eigenvalue weighted by Gasteiger charge is 2.36. The number of rotatable bonds is 7. The fraction of sp³-hybridized carbons (Fsp3) is 0.438. The number of methoxy groups -OCH3 is 1. The largest absolute Gasteiger partial charge is 0.466 e. The van der Waals surface area contributed by atoms with Gasteiger partial charge in [0.15, 0.2) is 10.8 Å². The molecule has 156 valence electrons. The van der Waals surface area contributed by atoms with Crippen LogP contribution in [0.15, 0.2) is 21.8 Å². The van der Waals surface area contributed by atoms with E-state index in [1.807, 2.05) is 6.92 Å². The molecule has 1 aromatic rings. The summed E-state index contributed by atoms with van der Waals surface area (Å²) < 4.78 is 9.64. The smallest absolute Gasteiger partial charge is 0.355 e. The third kappa shape index (κ3) is 4.98. The number of nitrogens with one attached hydrogen (secondary N) is 2. The van der Waals surface area contributed by atoms with E-state index >= 15 is 0 Å². The van der Waals surface area contributed by atoms with Gasteiger partial charge < -0.3 is 30.7 Å². The van der Waals surface area contributed by atoms with Crippen molar-refractivity contribution < 1.29 is 28.7 Å². The van der Waals surface area contributed by atoms with Crippen LogP contribution in [0.5, 0.6) is 0 Å². The Morgan fingerprint density at radius 3 is 3.00 bits per heavy atom. The summed E-state index contributed by atoms with van der Waals surface area (Å²) in [6, 6.07) is 0. The number of aromatic nitrogens is 1. The minimum atomic E-state index is -0.643. The molecule has 0 spiro atoms. The van der Waals surface area contributed by atoms with Crippen LogP contribution >= 0.6 is 23.1 Å². The minimum absolute atomic E-state index is 0.128. The van der Waals surface area contributed by atoms with E-state index in [-0.39, 0.29) is 40.5 Å². The number of nitrogens with two attached hydrogens (primary N) is 1. The zero-order valence-corrected chi connectivity index (χ0v) is 17.2. The molecule has 11 nitrogen and oxygen atoms in total. The van der Waals surface area contributed by atoms with E-state index < -0.39 is 18.5 Å². The Morgan fingerprint density at radius 2 is 2.31 bits per heavy atom. The van der Waals surface area contributed by atoms with Gasteiger partial charge in [-0.2, -0.15) is 0 Å². The number of nitrogens with zero attached hydrogens (tertiary/aromatic N) is 2. The van der Waals surface area contributed by atoms with E-state index in [9.17, 15) is 14.4 Å². The summed E-state index contributed by atoms with van der Waals surface area (Å²) in [5.41, 5.74) is 7.09. The molecule has 0 fully saturated rings. The van der Waals surface area contributed by atoms with Crippen molar-refractivity contribution in [2.24, 2.45) is 5.16 Å². The van der Waals surface area contributed by atoms with Gasteiger partial charge in [-0.25, -0.2) is 14.6 Å². The second-order valence-electron chi connectivity index (χ2n) is 5.96. The van der Waals surface area contributed by atoms with Gasteiger partial charge >= 0.3 is 11.9 Å². The first-order chi connectivity index (χ1) is 13.9. The second-order valence-corrected chi connectivity index (χ2v) is 8.04. The molecule has 0 radical (unpaired) electrons. The van der Waals surface area contributed by atoms with Gasteiger partial charge in [0.25, 0.3) is 5.91 Å². The minimum Gasteiger partial charge on any atom is -0.466 e. The molecule has 2 atom stereocenters. The Morgan fingerprint density at radius 1 is 1.52 bits per heavy atom. The lowest BCUT2D eigenvalue weighted by Crippen LogP contribution is -2.44. The van der Waals surface area contributed by atoms with Gasteiger partial charge in [0, 0.05) is 23.3 Å². The van der Waals surface area contributed by atoms with Crippen molar-refractivity contribution >= 4 is 51.8 Å². The zero-order valence-electron chi connectivity index (χ0n) is 15.6. The van der Waals surface area contributed by atoms with E-state index in [1.165, 1.54) is 7.11 Å². The lowest BCUT2D eigenvalue weighted by Gasteiger charge is -2.24. The Kier molecular flexibility index (Phi) is 6.59. The lowest BCUT2D eigenvalue weighted by atomic mass is 10.1. The SMILES string of the molecule is COC(=O)CO/N=C(\C(=O)NCC1NC2=C(CS1)C(C)OC2=O)c1csc(N)n1. The Bertz CT molecular complexity index is 883. The number of esters is 2. The van der Waals surface area contributed by atoms with Crippen LogP contribution < -0.4 is 16.4 Å². The fourth-order valence-corrected chi connectivity index (χ4v) is 4.26. The van der Waals surface area contributed by atoms with E-state index in [2.05, 4.69) is 25.5 Å². The van der Waals surface area contributed by atoms with Crippen LogP contribution in [0.25, 0.3) is 0 Å². The number of anilines is 1. The molecule has 0 saturated heterocycles. The Hall–Kier alpha value is -2.80. The van der Waals surface area contributed by atoms with Crippen LogP contribution in [0.1, 0.15) is 12.6 Å². The summed E-state index contributed by atoms with van der Waals surface area (Å²) in [6.07, 6.45) is -0.242. The molecule has 0 bridgehead atoms. The maximum Gasteiger partial charge on any atom is 0.355 e. The maximum atomic E-state index is 12.6. The average Bonchev–Trinajstić information content (AvgIpc) is 3.25. The molecule has 4 N–H and O–H groups in total. The molecule has 0 aromatic carbocycles. The molecule has 0 saturated carbocycles. The van der Waals surface area contributed by atoms with Crippen molar-refractivity contribution in [1.29, 1.82) is 0 Å². The number of oxime groups is 1. The van der Waals surface area contributed by atoms with E-state index in [4.69, 9.17) is 15.3 Å². The van der Waals surface area contributed by atoms with E-state index in [0.717, 1.165) is 16.9 Å². The third-order valence-corrected chi connectivity index (χ3v) is 5.88. The van der Waals surface area contributed by atoms with Crippen LogP contribution in [-0.4, -0.2) is 66.0 Å². The molecule has 2 aliphatic heterocycles. The van der Waals surface area contributed by atoms with Gasteiger partial charge in [0.05, 0.1) is 12.5 Å². The van der Waals surface area contributed by atoms with E-state index in [1.54, 1.807) is 17.1 Å². The Labute approximate surface area is 174 Å². The summed E-state index contributed by atoms with van der Waals surface area (Å²) >= 11 is 2.68. The lowest BCUT2D eigenvalue weighted by molar-refractivity contribution is -0.146. The molecule has 2 aliphatic rings. The molecular formula is C16H19N5O6S2. The fourth-order valence-electron chi connectivity index (χ4n) is 2.55. The second kappa shape index (κ2) is 9.13. The van der Waals surface area contributed by atoms with Crippen molar-refractivity contribution in [3.8, 4) is 0 Å². The quantitative estimate of drug-likeness (QED) is 0.289. The van der Waals surface area contributed by atoms with Gasteiger partial charge in [0.1, 0.15) is 17.5 Å². The first-order valence-electron chi connectivity index (χ1n) is 8.47. The first kappa shape index (κ1) is 20.9. The molecule has 13 heteroatoms. The number of hydrogen-bond donors (Lipinski definition) is 3. The van der Waals surface area contributed by atoms with Gasteiger partial charge in [-0.3, -0.25) is 4.79 Å². The van der Waals surface area contributed by atoms with Crippen molar-refractivity contribution in [2.45, 2.75) is 18.4 Å². The van der Waals surface area contributed by atoms with Crippen LogP contribution in [0.2, 0.25) is 0 Å². The molecular weight excluding hydrogens is 422 g/mol. The summed E-state index contributed by atoms with van der Waals surface area (Å²) in [5, 5.41) is 11.1. The van der Waals surface area contributed by atoms with Gasteiger partial charge in [-0.1, -0.05) is 5.16 Å². The number of cyclic esters (lactones) is 1. The van der Waals surface area contributed by atoms with Crippen LogP contribution in [0.4, 0.5) is 5.13 Å². The number of ether oxygens (including phenoxy) is 2. The van der Waals surface area contributed by atoms with Gasteiger partial charge in [-0.05, 0) is 6.92 Å². The number of carbonyl (C=O) groups is 3. The highest BCUT2D eigenvalue weighted by Crippen LogP contribution is 2.30. The summed E-state index contributed by atoms with van der Waals surface area (Å²) in [6.45, 7) is 1.57. The van der Waals surface area contributed by atoms with E-state index in [0.29, 0.717) is 11.4 Å². The standard InChI is InChI=1S/C16H19N5O6S2/c1-7-8-5-28-10(20-12(8)15(24)27-7)3-18-14(23)13(9-6-29-16(17)19-9)21-26-4-11(22)25-2/h6-7,10,20H,3-5H2,1-2H3,(H2,17,19)(H,18,23)/b21-13-. The third-order valence-electron chi connectivity index (χ3n) is 4.04. The predicted molar refractivity (Wildman–Crippen MR) is 106 cm³/mol. The molecule has 3 rings (SSSR count). The first-order valence-corrected chi connectivity index (χ1v) is 10.4. The van der Waals surface area contributed by atoms with Crippen molar-refractivity contribution in [3.63, 3.8) is 0 Å². The topological polar surface area (TPSA) is 154 Å². The van der Waals surface area contributed by atoms with Crippen LogP contribution in [0, 0.1) is 0 Å². The van der Waals surface area contributed by atoms with Crippen molar-refractivity contribution in [1.82, 2.24) is 15.6 Å². The van der Waals surface area contributed by atoms with Gasteiger partial charge in [0.2, 0.25) is 6.61 Å². The number of carbonyl (C=O) groups excluding carboxylic acids is 3. The number of amides is 1. The highest BCUT2D eigenvalue weighted by atomic mass is 32.2. The number of thioether (sulfide) groups is 1. The summed E-state index contributed by atoms with van der Waals surface area (Å²) in [7, 11) is 1.21. The molecule has 1 aromatic heterocycles. The van der Waals surface area contributed by atoms with Gasteiger partial charge in [-0.15, -0.1) is 23.1 Å². The van der Waals surface area contributed by atoms with Crippen LogP contribution in [0.3, 0.4) is 0 Å². The van der Waals surface area contributed by atoms with Crippen LogP contribution in [-0.2, 0) is 28.7 Å². The van der Waals surface area contributed by atoms with Crippen molar-refractivity contribution in [3.05, 3.63) is 22.3 Å². The number of thiazole rings is 1. The molecule has 3 heterocycles. The predicted octanol–water partition coefficient (Wildman–Crippen LogP) is -0.403. The number of hydrogen-bond acceptors (Lipinski definition) is 12. The number of nitrogen functional groups attached to an aromatic ring is 1. The average molecular weight is 441 g/mol. The molecule has 1 amide bonds. The maximum absolute atomic E-state index is 12.6. The highest BCUT2D eigenvalue weighted by molar-refractivity contribution is 8.00. The molecule has 29 heavy (non-hydrogen) atoms. The Balaban J connectivity index is 1.63. The normalized spacial score (nSPS) is 21.2. The zero-order chi connectivity index (χ0) is 21.0. The monoisotopic (exact) mass is 441 g/mol. The molecule has 2 unspecified atom stereocenters. The molecule has 0 aliphatic carbocycles. The summed E-state index contributed by atoms with van der Waals surface area (Å²) in [5.74, 6) is -0.970. The summed E-state index contributed by atoms with van der Waals surface area (Å²) in [4.78, 5) is 44.6.